The van der Waals surface area contributed by atoms with E-state index in [-0.39, 0.29) is 32.9 Å². The first-order valence-corrected chi connectivity index (χ1v) is 11.5. The Morgan fingerprint density at radius 1 is 1.14 bits per heavy atom. The van der Waals surface area contributed by atoms with Crippen molar-refractivity contribution in [2.75, 3.05) is 5.32 Å². The highest BCUT2D eigenvalue weighted by atomic mass is 35.5. The van der Waals surface area contributed by atoms with Gasteiger partial charge in [0.05, 0.1) is 28.8 Å². The molecule has 0 aromatic carbocycles. The number of aryl methyl sites for hydroxylation is 1. The minimum absolute atomic E-state index is 0.0155. The van der Waals surface area contributed by atoms with Gasteiger partial charge in [-0.05, 0) is 32.4 Å². The van der Waals surface area contributed by atoms with E-state index in [0.717, 1.165) is 6.07 Å². The highest BCUT2D eigenvalue weighted by Crippen LogP contribution is 2.44. The van der Waals surface area contributed by atoms with Crippen molar-refractivity contribution in [3.63, 3.8) is 0 Å². The summed E-state index contributed by atoms with van der Waals surface area (Å²) in [5.74, 6) is -1.50. The van der Waals surface area contributed by atoms with Crippen molar-refractivity contribution in [2.24, 2.45) is 5.73 Å². The van der Waals surface area contributed by atoms with Crippen LogP contribution in [-0.2, 0) is 24.1 Å². The molecule has 35 heavy (non-hydrogen) atoms. The maximum absolute atomic E-state index is 13.7. The van der Waals surface area contributed by atoms with E-state index in [9.17, 15) is 22.8 Å². The summed E-state index contributed by atoms with van der Waals surface area (Å²) in [6, 6.07) is 0.886. The van der Waals surface area contributed by atoms with Crippen molar-refractivity contribution in [2.45, 2.75) is 40.0 Å². The maximum atomic E-state index is 13.7. The molecule has 2 amide bonds. The number of primary amides is 1. The summed E-state index contributed by atoms with van der Waals surface area (Å²) < 4.78 is 44.0. The first-order valence-electron chi connectivity index (χ1n) is 10.3. The summed E-state index contributed by atoms with van der Waals surface area (Å²) in [6.45, 7) is 5.49. The van der Waals surface area contributed by atoms with Crippen molar-refractivity contribution in [3.05, 3.63) is 45.4 Å². The third-order valence-corrected chi connectivity index (χ3v) is 6.94. The number of pyridine rings is 1. The second kappa shape index (κ2) is 8.96. The van der Waals surface area contributed by atoms with Gasteiger partial charge in [0.1, 0.15) is 21.9 Å². The molecule has 0 saturated heterocycles. The maximum Gasteiger partial charge on any atom is 0.433 e. The van der Waals surface area contributed by atoms with Crippen molar-refractivity contribution in [3.8, 4) is 11.1 Å². The van der Waals surface area contributed by atoms with Gasteiger partial charge in [-0.2, -0.15) is 23.4 Å². The molecule has 4 heterocycles. The number of halogens is 4. The van der Waals surface area contributed by atoms with E-state index >= 15 is 0 Å². The Morgan fingerprint density at radius 2 is 1.83 bits per heavy atom. The molecule has 0 aliphatic heterocycles. The molecule has 3 N–H and O–H groups in total. The molecule has 14 heteroatoms. The highest BCUT2D eigenvalue weighted by Gasteiger charge is 2.35. The summed E-state index contributed by atoms with van der Waals surface area (Å²) in [4.78, 5) is 28.6. The second-order valence-electron chi connectivity index (χ2n) is 7.65. The van der Waals surface area contributed by atoms with Crippen molar-refractivity contribution in [1.29, 1.82) is 0 Å². The summed E-state index contributed by atoms with van der Waals surface area (Å²) in [6.07, 6.45) is -1.92. The second-order valence-corrected chi connectivity index (χ2v) is 9.05. The molecule has 0 atom stereocenters. The zero-order valence-electron chi connectivity index (χ0n) is 18.7. The largest absolute Gasteiger partial charge is 0.433 e. The molecule has 0 unspecified atom stereocenters. The standard InChI is InChI=1S/C21H19ClF3N7O2S/c1-4-31-9(2)12(6-27-31)11-5-14(21(23,24)25)29-20-16(11)17(18(35-20)19(26)34)30-15(33)8-32-10(3)13(22)7-28-32/h5-7H,4,8H2,1-3H3,(H2,26,34)(H,30,33). The number of rotatable bonds is 6. The Kier molecular flexibility index (Phi) is 6.32. The van der Waals surface area contributed by atoms with Gasteiger partial charge in [0.25, 0.3) is 5.91 Å². The number of fused-ring (bicyclic) bond motifs is 1. The van der Waals surface area contributed by atoms with Crippen LogP contribution >= 0.6 is 22.9 Å². The molecule has 0 saturated carbocycles. The molecule has 0 spiro atoms. The number of carbonyl (C=O) groups is 2. The van der Waals surface area contributed by atoms with E-state index in [1.807, 2.05) is 6.92 Å². The molecular formula is C21H19ClF3N7O2S. The van der Waals surface area contributed by atoms with E-state index in [2.05, 4.69) is 20.5 Å². The van der Waals surface area contributed by atoms with Gasteiger partial charge in [0.2, 0.25) is 5.91 Å². The van der Waals surface area contributed by atoms with Crippen molar-refractivity contribution >= 4 is 50.7 Å². The number of aromatic nitrogens is 5. The third-order valence-electron chi connectivity index (χ3n) is 5.47. The molecule has 0 aliphatic carbocycles. The number of alkyl halides is 3. The van der Waals surface area contributed by atoms with Gasteiger partial charge in [-0.15, -0.1) is 11.3 Å². The van der Waals surface area contributed by atoms with Gasteiger partial charge in [-0.25, -0.2) is 4.98 Å². The number of nitrogens with one attached hydrogen (secondary N) is 1. The first-order chi connectivity index (χ1) is 16.4. The number of amides is 2. The fraction of sp³-hybridized carbons (Fsp3) is 0.286. The predicted molar refractivity (Wildman–Crippen MR) is 125 cm³/mol. The average molecular weight is 526 g/mol. The van der Waals surface area contributed by atoms with E-state index in [4.69, 9.17) is 17.3 Å². The number of carbonyl (C=O) groups excluding carboxylic acids is 2. The van der Waals surface area contributed by atoms with Crippen molar-refractivity contribution in [1.82, 2.24) is 24.5 Å². The Balaban J connectivity index is 1.92. The molecule has 0 aliphatic rings. The molecule has 4 rings (SSSR count). The molecule has 4 aromatic heterocycles. The zero-order valence-corrected chi connectivity index (χ0v) is 20.3. The number of thiophene rings is 1. The van der Waals surface area contributed by atoms with Gasteiger partial charge >= 0.3 is 6.18 Å². The van der Waals surface area contributed by atoms with Crippen LogP contribution < -0.4 is 11.1 Å². The SMILES string of the molecule is CCn1ncc(-c2cc(C(F)(F)F)nc3sc(C(N)=O)c(NC(=O)Cn4ncc(Cl)c4C)c23)c1C. The van der Waals surface area contributed by atoms with Crippen LogP contribution in [0.15, 0.2) is 18.5 Å². The summed E-state index contributed by atoms with van der Waals surface area (Å²) >= 11 is 6.66. The lowest BCUT2D eigenvalue weighted by Crippen LogP contribution is -2.22. The Morgan fingerprint density at radius 3 is 2.37 bits per heavy atom. The molecular weight excluding hydrogens is 507 g/mol. The van der Waals surface area contributed by atoms with E-state index in [1.165, 1.54) is 17.1 Å². The summed E-state index contributed by atoms with van der Waals surface area (Å²) in [5.41, 5.74) is 6.05. The number of nitrogens with zero attached hydrogens (tertiary/aromatic N) is 5. The minimum Gasteiger partial charge on any atom is -0.365 e. The fourth-order valence-electron chi connectivity index (χ4n) is 3.68. The van der Waals surface area contributed by atoms with E-state index < -0.39 is 23.7 Å². The first kappa shape index (κ1) is 24.7. The van der Waals surface area contributed by atoms with Crippen LogP contribution in [0.4, 0.5) is 18.9 Å². The number of hydrogen-bond acceptors (Lipinski definition) is 6. The Bertz CT molecular complexity index is 1470. The number of anilines is 1. The van der Waals surface area contributed by atoms with Gasteiger partial charge in [-0.1, -0.05) is 11.6 Å². The third kappa shape index (κ3) is 4.48. The Hall–Kier alpha value is -3.45. The van der Waals surface area contributed by atoms with Crippen molar-refractivity contribution < 1.29 is 22.8 Å². The van der Waals surface area contributed by atoms with Gasteiger partial charge in [0.15, 0.2) is 0 Å². The molecule has 0 bridgehead atoms. The fourth-order valence-corrected chi connectivity index (χ4v) is 4.82. The van der Waals surface area contributed by atoms with Crippen LogP contribution in [0.25, 0.3) is 21.3 Å². The monoisotopic (exact) mass is 525 g/mol. The van der Waals surface area contributed by atoms with Crippen LogP contribution in [0.1, 0.15) is 33.7 Å². The van der Waals surface area contributed by atoms with E-state index in [0.29, 0.717) is 39.9 Å². The number of hydrogen-bond donors (Lipinski definition) is 2. The molecule has 4 aromatic rings. The minimum atomic E-state index is -4.74. The van der Waals surface area contributed by atoms with Gasteiger partial charge in [-0.3, -0.25) is 19.0 Å². The lowest BCUT2D eigenvalue weighted by Gasteiger charge is -2.12. The normalized spacial score (nSPS) is 11.9. The lowest BCUT2D eigenvalue weighted by molar-refractivity contribution is -0.140. The van der Waals surface area contributed by atoms with Crippen LogP contribution in [0, 0.1) is 13.8 Å². The summed E-state index contributed by atoms with van der Waals surface area (Å²) in [7, 11) is 0. The van der Waals surface area contributed by atoms with Crippen LogP contribution in [0.3, 0.4) is 0 Å². The lowest BCUT2D eigenvalue weighted by atomic mass is 10.0. The predicted octanol–water partition coefficient (Wildman–Crippen LogP) is 4.40. The molecule has 0 radical (unpaired) electrons. The van der Waals surface area contributed by atoms with Gasteiger partial charge < -0.3 is 11.1 Å². The molecule has 9 nitrogen and oxygen atoms in total. The zero-order chi connectivity index (χ0) is 25.7. The van der Waals surface area contributed by atoms with Crippen LogP contribution in [0.2, 0.25) is 5.02 Å². The molecule has 184 valence electrons. The Labute approximate surface area is 205 Å². The number of nitrogens with two attached hydrogens (primary N) is 1. The van der Waals surface area contributed by atoms with Crippen LogP contribution in [-0.4, -0.2) is 36.4 Å². The topological polar surface area (TPSA) is 121 Å². The quantitative estimate of drug-likeness (QED) is 0.386. The highest BCUT2D eigenvalue weighted by molar-refractivity contribution is 7.21. The van der Waals surface area contributed by atoms with Gasteiger partial charge in [0, 0.05) is 23.2 Å². The van der Waals surface area contributed by atoms with E-state index in [1.54, 1.807) is 18.5 Å². The average Bonchev–Trinajstić information content (AvgIpc) is 3.44. The molecule has 0 fully saturated rings. The summed E-state index contributed by atoms with van der Waals surface area (Å²) in [5, 5.41) is 11.4. The smallest absolute Gasteiger partial charge is 0.365 e. The van der Waals surface area contributed by atoms with Crippen LogP contribution in [0.5, 0.6) is 0 Å².